The van der Waals surface area contributed by atoms with E-state index in [4.69, 9.17) is 9.78 Å². The van der Waals surface area contributed by atoms with E-state index in [2.05, 4.69) is 26.6 Å². The van der Waals surface area contributed by atoms with Gasteiger partial charge >= 0.3 is 0 Å². The number of nitrogens with one attached hydrogen (secondary N) is 2. The van der Waals surface area contributed by atoms with Crippen LogP contribution in [-0.2, 0) is 21.1 Å². The van der Waals surface area contributed by atoms with Crippen LogP contribution in [0.2, 0.25) is 0 Å². The van der Waals surface area contributed by atoms with Crippen LogP contribution in [0.15, 0.2) is 65.1 Å². The lowest BCUT2D eigenvalue weighted by Crippen LogP contribution is -2.29. The number of amides is 2. The summed E-state index contributed by atoms with van der Waals surface area (Å²) in [4.78, 5) is 39.8. The number of fused-ring (bicyclic) bond motifs is 2. The highest BCUT2D eigenvalue weighted by Gasteiger charge is 2.29. The van der Waals surface area contributed by atoms with Crippen LogP contribution in [0.3, 0.4) is 0 Å². The van der Waals surface area contributed by atoms with Gasteiger partial charge in [0.2, 0.25) is 5.91 Å². The van der Waals surface area contributed by atoms with Gasteiger partial charge < -0.3 is 25.3 Å². The second kappa shape index (κ2) is 10.4. The molecule has 2 amide bonds. The molecule has 190 valence electrons. The second-order valence-corrected chi connectivity index (χ2v) is 10.2. The fraction of sp³-hybridized carbons (Fsp3) is 0.214. The molecular formula is C28H27BrN4O4. The fourth-order valence-corrected chi connectivity index (χ4v) is 4.64. The molecule has 0 aliphatic carbocycles. The highest BCUT2D eigenvalue weighted by Crippen LogP contribution is 2.40. The Morgan fingerprint density at radius 2 is 1.84 bits per heavy atom. The Morgan fingerprint density at radius 3 is 2.59 bits per heavy atom. The minimum atomic E-state index is -0.198. The molecule has 5 rings (SSSR count). The quantitative estimate of drug-likeness (QED) is 0.307. The highest BCUT2D eigenvalue weighted by atomic mass is 79.9. The molecule has 2 aliphatic rings. The predicted molar refractivity (Wildman–Crippen MR) is 148 cm³/mol. The summed E-state index contributed by atoms with van der Waals surface area (Å²) in [5.74, 6) is 0.471. The van der Waals surface area contributed by atoms with Crippen molar-refractivity contribution in [1.29, 1.82) is 0 Å². The first-order valence-corrected chi connectivity index (χ1v) is 12.7. The molecule has 0 fully saturated rings. The number of carbonyl (C=O) groups excluding carboxylic acids is 2. The van der Waals surface area contributed by atoms with Crippen molar-refractivity contribution >= 4 is 56.1 Å². The van der Waals surface area contributed by atoms with E-state index < -0.39 is 0 Å². The van der Waals surface area contributed by atoms with Crippen molar-refractivity contribution < 1.29 is 19.4 Å². The van der Waals surface area contributed by atoms with Crippen LogP contribution >= 0.6 is 15.9 Å². The van der Waals surface area contributed by atoms with Gasteiger partial charge in [-0.15, -0.1) is 0 Å². The van der Waals surface area contributed by atoms with Crippen molar-refractivity contribution in [3.05, 3.63) is 81.8 Å². The molecule has 2 N–H and O–H groups in total. The van der Waals surface area contributed by atoms with Gasteiger partial charge in [0.1, 0.15) is 6.61 Å². The molecule has 2 heterocycles. The lowest BCUT2D eigenvalue weighted by Gasteiger charge is -2.20. The van der Waals surface area contributed by atoms with E-state index in [0.29, 0.717) is 36.6 Å². The van der Waals surface area contributed by atoms with Gasteiger partial charge in [0.25, 0.3) is 5.91 Å². The van der Waals surface area contributed by atoms with E-state index in [1.807, 2.05) is 79.7 Å². The van der Waals surface area contributed by atoms with Crippen LogP contribution in [0.25, 0.3) is 11.3 Å². The molecule has 0 spiro atoms. The molecule has 9 heteroatoms. The van der Waals surface area contributed by atoms with Crippen molar-refractivity contribution in [1.82, 2.24) is 4.90 Å². The Labute approximate surface area is 223 Å². The van der Waals surface area contributed by atoms with Crippen LogP contribution < -0.4 is 20.4 Å². The summed E-state index contributed by atoms with van der Waals surface area (Å²) in [6, 6.07) is 19.0. The first kappa shape index (κ1) is 25.0. The minimum Gasteiger partial charge on any atom is -0.354 e. The molecule has 3 aromatic rings. The Balaban J connectivity index is 1.49. The molecule has 0 saturated heterocycles. The maximum Gasteiger partial charge on any atom is 0.258 e. The third kappa shape index (κ3) is 5.24. The average Bonchev–Trinajstić information content (AvgIpc) is 3.48. The van der Waals surface area contributed by atoms with Crippen molar-refractivity contribution in [3.8, 4) is 5.75 Å². The first-order valence-electron chi connectivity index (χ1n) is 11.9. The highest BCUT2D eigenvalue weighted by molar-refractivity contribution is 9.10. The van der Waals surface area contributed by atoms with Crippen molar-refractivity contribution in [2.24, 2.45) is 0 Å². The summed E-state index contributed by atoms with van der Waals surface area (Å²) in [7, 11) is 5.67. The van der Waals surface area contributed by atoms with E-state index in [1.54, 1.807) is 11.9 Å². The molecule has 0 aromatic heterocycles. The third-order valence-electron chi connectivity index (χ3n) is 6.37. The Bertz CT molecular complexity index is 1400. The zero-order chi connectivity index (χ0) is 26.1. The van der Waals surface area contributed by atoms with Crippen LogP contribution in [0.4, 0.5) is 17.1 Å². The van der Waals surface area contributed by atoms with Gasteiger partial charge in [-0.3, -0.25) is 9.59 Å². The maximum atomic E-state index is 13.2. The smallest absolute Gasteiger partial charge is 0.258 e. The molecule has 37 heavy (non-hydrogen) atoms. The molecule has 0 radical (unpaired) electrons. The number of hydrogen-bond acceptors (Lipinski definition) is 6. The van der Waals surface area contributed by atoms with E-state index in [9.17, 15) is 9.59 Å². The summed E-state index contributed by atoms with van der Waals surface area (Å²) in [6.45, 7) is 1.07. The molecule has 3 aromatic carbocycles. The fourth-order valence-electron chi connectivity index (χ4n) is 4.28. The van der Waals surface area contributed by atoms with Crippen molar-refractivity contribution in [2.75, 3.05) is 43.2 Å². The largest absolute Gasteiger partial charge is 0.354 e. The molecular weight excluding hydrogens is 536 g/mol. The van der Waals surface area contributed by atoms with Gasteiger partial charge in [0, 0.05) is 52.6 Å². The summed E-state index contributed by atoms with van der Waals surface area (Å²) in [5, 5.41) is 6.41. The van der Waals surface area contributed by atoms with E-state index in [1.165, 1.54) is 0 Å². The monoisotopic (exact) mass is 562 g/mol. The summed E-state index contributed by atoms with van der Waals surface area (Å²) < 4.78 is 0.880. The van der Waals surface area contributed by atoms with E-state index >= 15 is 0 Å². The molecule has 8 nitrogen and oxygen atoms in total. The predicted octanol–water partition coefficient (Wildman–Crippen LogP) is 5.12. The Hall–Kier alpha value is -3.66. The maximum absolute atomic E-state index is 13.2. The van der Waals surface area contributed by atoms with Gasteiger partial charge in [-0.05, 0) is 56.6 Å². The Morgan fingerprint density at radius 1 is 1.05 bits per heavy atom. The number of halogens is 1. The van der Waals surface area contributed by atoms with Crippen LogP contribution in [0, 0.1) is 0 Å². The lowest BCUT2D eigenvalue weighted by molar-refractivity contribution is -0.194. The summed E-state index contributed by atoms with van der Waals surface area (Å²) in [5.41, 5.74) is 6.00. The standard InChI is InChI=1S/C28H27BrN4O4/c1-32(2)13-12-25(34)33(3)21-9-7-20(8-10-21)30-27(17-4-5-18-16-36-37-24(18)14-17)26-22-11-6-19(29)15-23(22)31-28(26)35/h4-11,14-15,30H,12-13,16H2,1-3H3,(H,31,35)/b27-26-. The van der Waals surface area contributed by atoms with E-state index in [-0.39, 0.29) is 11.8 Å². The number of hydrogen-bond donors (Lipinski definition) is 2. The average molecular weight is 563 g/mol. The van der Waals surface area contributed by atoms with Crippen LogP contribution in [-0.4, -0.2) is 44.4 Å². The molecule has 0 atom stereocenters. The normalized spacial score (nSPS) is 15.1. The number of anilines is 3. The van der Waals surface area contributed by atoms with Crippen LogP contribution in [0.5, 0.6) is 5.75 Å². The summed E-state index contributed by atoms with van der Waals surface area (Å²) in [6.07, 6.45) is 0.439. The zero-order valence-electron chi connectivity index (χ0n) is 20.8. The van der Waals surface area contributed by atoms with Crippen LogP contribution in [0.1, 0.15) is 23.1 Å². The van der Waals surface area contributed by atoms with Crippen molar-refractivity contribution in [3.63, 3.8) is 0 Å². The number of benzene rings is 3. The molecule has 0 saturated carbocycles. The van der Waals surface area contributed by atoms with Gasteiger partial charge in [0.15, 0.2) is 5.75 Å². The topological polar surface area (TPSA) is 83.1 Å². The van der Waals surface area contributed by atoms with Gasteiger partial charge in [-0.1, -0.05) is 34.1 Å². The number of nitrogens with zero attached hydrogens (tertiary/aromatic N) is 2. The SMILES string of the molecule is CN(C)CCC(=O)N(C)c1ccc(N/C(=C2\C(=O)Nc3cc(Br)ccc32)c2ccc3c(c2)OOC3)cc1. The Kier molecular flexibility index (Phi) is 7.01. The number of carbonyl (C=O) groups is 2. The molecule has 2 aliphatic heterocycles. The summed E-state index contributed by atoms with van der Waals surface area (Å²) >= 11 is 3.48. The molecule has 0 unspecified atom stereocenters. The lowest BCUT2D eigenvalue weighted by atomic mass is 9.99. The van der Waals surface area contributed by atoms with Gasteiger partial charge in [-0.2, -0.15) is 4.89 Å². The third-order valence-corrected chi connectivity index (χ3v) is 6.86. The van der Waals surface area contributed by atoms with Crippen molar-refractivity contribution in [2.45, 2.75) is 13.0 Å². The van der Waals surface area contributed by atoms with Gasteiger partial charge in [-0.25, -0.2) is 0 Å². The van der Waals surface area contributed by atoms with Gasteiger partial charge in [0.05, 0.1) is 17.0 Å². The minimum absolute atomic E-state index is 0.0444. The second-order valence-electron chi connectivity index (χ2n) is 9.24. The zero-order valence-corrected chi connectivity index (χ0v) is 22.4. The molecule has 0 bridgehead atoms. The number of rotatable bonds is 7. The first-order chi connectivity index (χ1) is 17.8. The van der Waals surface area contributed by atoms with E-state index in [0.717, 1.165) is 38.2 Å².